The van der Waals surface area contributed by atoms with Crippen LogP contribution in [0.15, 0.2) is 47.7 Å². The van der Waals surface area contributed by atoms with Gasteiger partial charge >= 0.3 is 12.4 Å². The van der Waals surface area contributed by atoms with Gasteiger partial charge in [0.15, 0.2) is 0 Å². The van der Waals surface area contributed by atoms with Crippen molar-refractivity contribution in [3.05, 3.63) is 69.6 Å². The van der Waals surface area contributed by atoms with E-state index >= 15 is 0 Å². The number of nitrogens with one attached hydrogen (secondary N) is 2. The van der Waals surface area contributed by atoms with Crippen molar-refractivity contribution in [3.63, 3.8) is 0 Å². The van der Waals surface area contributed by atoms with Crippen molar-refractivity contribution in [1.82, 2.24) is 10.6 Å². The van der Waals surface area contributed by atoms with Crippen LogP contribution >= 0.6 is 46.4 Å². The lowest BCUT2D eigenvalue weighted by Crippen LogP contribution is -2.33. The summed E-state index contributed by atoms with van der Waals surface area (Å²) in [5, 5.41) is 2.91. The van der Waals surface area contributed by atoms with Crippen molar-refractivity contribution < 1.29 is 40.3 Å². The van der Waals surface area contributed by atoms with Gasteiger partial charge in [-0.15, -0.1) is 23.2 Å². The Bertz CT molecular complexity index is 1110. The fourth-order valence-corrected chi connectivity index (χ4v) is 4.30. The molecule has 1 aliphatic carbocycles. The molecular weight excluding hydrogens is 587 g/mol. The van der Waals surface area contributed by atoms with Gasteiger partial charge in [0.25, 0.3) is 0 Å². The van der Waals surface area contributed by atoms with Crippen LogP contribution in [0, 0.1) is 11.7 Å². The van der Waals surface area contributed by atoms with Crippen molar-refractivity contribution in [2.75, 3.05) is 6.54 Å². The van der Waals surface area contributed by atoms with Crippen LogP contribution in [0.5, 0.6) is 0 Å². The summed E-state index contributed by atoms with van der Waals surface area (Å²) >= 11 is 23.6. The minimum atomic E-state index is -4.85. The first-order chi connectivity index (χ1) is 16.4. The van der Waals surface area contributed by atoms with Gasteiger partial charge in [-0.1, -0.05) is 29.8 Å². The quantitative estimate of drug-likeness (QED) is 0.196. The Morgan fingerprint density at radius 2 is 1.72 bits per heavy atom. The molecule has 1 aromatic carbocycles. The lowest BCUT2D eigenvalue weighted by atomic mass is 10.0. The molecule has 0 aromatic heterocycles. The molecule has 2 N–H and O–H groups in total. The zero-order valence-corrected chi connectivity index (χ0v) is 20.7. The minimum absolute atomic E-state index is 0.0359. The Morgan fingerprint density at radius 3 is 2.25 bits per heavy atom. The third-order valence-electron chi connectivity index (χ3n) is 4.80. The molecular formula is C21H15Cl4F7N2O2. The van der Waals surface area contributed by atoms with E-state index in [1.807, 2.05) is 0 Å². The first kappa shape index (κ1) is 30.3. The highest BCUT2D eigenvalue weighted by Gasteiger charge is 2.68. The van der Waals surface area contributed by atoms with Crippen molar-refractivity contribution in [2.24, 2.45) is 5.92 Å². The van der Waals surface area contributed by atoms with E-state index in [0.29, 0.717) is 12.1 Å². The Kier molecular flexibility index (Phi) is 9.42. The second-order valence-electron chi connectivity index (χ2n) is 7.49. The molecule has 198 valence electrons. The lowest BCUT2D eigenvalue weighted by Gasteiger charge is -2.11. The number of allylic oxidation sites excluding steroid dienone is 3. The van der Waals surface area contributed by atoms with Crippen molar-refractivity contribution in [2.45, 2.75) is 29.0 Å². The van der Waals surface area contributed by atoms with Gasteiger partial charge in [0, 0.05) is 16.6 Å². The summed E-state index contributed by atoms with van der Waals surface area (Å²) in [5.74, 6) is -5.89. The fraction of sp³-hybridized carbons (Fsp3) is 0.333. The second kappa shape index (κ2) is 11.2. The van der Waals surface area contributed by atoms with Crippen molar-refractivity contribution >= 4 is 58.2 Å². The molecule has 0 spiro atoms. The third-order valence-corrected chi connectivity index (χ3v) is 6.28. The zero-order valence-electron chi connectivity index (χ0n) is 17.6. The fourth-order valence-electron chi connectivity index (χ4n) is 3.07. The molecule has 2 atom stereocenters. The van der Waals surface area contributed by atoms with E-state index in [1.54, 1.807) is 5.32 Å². The lowest BCUT2D eigenvalue weighted by molar-refractivity contribution is -0.137. The summed E-state index contributed by atoms with van der Waals surface area (Å²) in [6.07, 6.45) is -6.70. The maximum Gasteiger partial charge on any atom is 0.416 e. The summed E-state index contributed by atoms with van der Waals surface area (Å²) < 4.78 is 88.3. The number of carbonyl (C=O) groups is 2. The summed E-state index contributed by atoms with van der Waals surface area (Å²) in [6, 6.07) is 0.856. The molecule has 1 aliphatic rings. The smallest absolute Gasteiger partial charge is 0.347 e. The monoisotopic (exact) mass is 600 g/mol. The maximum atomic E-state index is 14.5. The average molecular weight is 602 g/mol. The number of carbonyl (C=O) groups excluding carboxylic acids is 2. The molecule has 0 bridgehead atoms. The van der Waals surface area contributed by atoms with Crippen molar-refractivity contribution in [3.8, 4) is 0 Å². The minimum Gasteiger partial charge on any atom is -0.347 e. The third kappa shape index (κ3) is 7.77. The van der Waals surface area contributed by atoms with Crippen LogP contribution in [-0.2, 0) is 15.8 Å². The number of hydrogen-bond acceptors (Lipinski definition) is 2. The van der Waals surface area contributed by atoms with Gasteiger partial charge in [-0.25, -0.2) is 4.39 Å². The van der Waals surface area contributed by atoms with Gasteiger partial charge in [0.05, 0.1) is 22.9 Å². The van der Waals surface area contributed by atoms with Crippen LogP contribution < -0.4 is 10.6 Å². The SMILES string of the molecule is C=C/C(=C\C=C(\Cl)CC(=O)NCC(F)(F)F)NC(=O)C1C(c2cc(C(F)(F)F)cc(Cl)c2F)C1(Cl)Cl. The molecule has 0 radical (unpaired) electrons. The van der Waals surface area contributed by atoms with Gasteiger partial charge in [-0.2, -0.15) is 26.3 Å². The number of halogens is 11. The predicted molar refractivity (Wildman–Crippen MR) is 121 cm³/mol. The Hall–Kier alpha value is -1.95. The molecule has 1 fully saturated rings. The number of benzene rings is 1. The molecule has 4 nitrogen and oxygen atoms in total. The van der Waals surface area contributed by atoms with Gasteiger partial charge in [-0.3, -0.25) is 9.59 Å². The molecule has 2 rings (SSSR count). The van der Waals surface area contributed by atoms with E-state index in [2.05, 4.69) is 11.9 Å². The number of amides is 2. The molecule has 1 aromatic rings. The van der Waals surface area contributed by atoms with Crippen LogP contribution in [0.3, 0.4) is 0 Å². The summed E-state index contributed by atoms with van der Waals surface area (Å²) in [5.41, 5.74) is -1.90. The van der Waals surface area contributed by atoms with Gasteiger partial charge in [-0.05, 0) is 35.9 Å². The van der Waals surface area contributed by atoms with Crippen LogP contribution in [-0.4, -0.2) is 28.9 Å². The number of alkyl halides is 8. The zero-order chi connectivity index (χ0) is 27.6. The molecule has 0 aliphatic heterocycles. The molecule has 15 heteroatoms. The van der Waals surface area contributed by atoms with Crippen molar-refractivity contribution in [1.29, 1.82) is 0 Å². The van der Waals surface area contributed by atoms with E-state index in [1.165, 1.54) is 0 Å². The first-order valence-electron chi connectivity index (χ1n) is 9.65. The highest BCUT2D eigenvalue weighted by atomic mass is 35.5. The highest BCUT2D eigenvalue weighted by Crippen LogP contribution is 2.66. The van der Waals surface area contributed by atoms with E-state index in [-0.39, 0.29) is 10.7 Å². The Labute approximate surface area is 220 Å². The average Bonchev–Trinajstić information content (AvgIpc) is 3.31. The standard InChI is InChI=1S/C21H15Cl4F7N2O2/c1-2-11(4-3-10(22)7-14(35)33-8-19(27,28)29)34-18(36)16-15(20(16,24)25)12-5-9(21(30,31)32)6-13(23)17(12)26/h2-6,15-16H,1,7-8H2,(H,33,35)(H,34,36)/b10-3+,11-4+. The Morgan fingerprint density at radius 1 is 1.11 bits per heavy atom. The normalized spacial score (nSPS) is 20.1. The highest BCUT2D eigenvalue weighted by molar-refractivity contribution is 6.53. The molecule has 1 saturated carbocycles. The van der Waals surface area contributed by atoms with E-state index in [4.69, 9.17) is 46.4 Å². The van der Waals surface area contributed by atoms with Crippen LogP contribution in [0.25, 0.3) is 0 Å². The largest absolute Gasteiger partial charge is 0.416 e. The summed E-state index contributed by atoms with van der Waals surface area (Å²) in [6.45, 7) is 1.90. The van der Waals surface area contributed by atoms with Crippen LogP contribution in [0.2, 0.25) is 5.02 Å². The topological polar surface area (TPSA) is 58.2 Å². The van der Waals surface area contributed by atoms with E-state index in [9.17, 15) is 40.3 Å². The molecule has 2 unspecified atom stereocenters. The molecule has 0 heterocycles. The molecule has 36 heavy (non-hydrogen) atoms. The van der Waals surface area contributed by atoms with Gasteiger partial charge in [0.2, 0.25) is 11.8 Å². The summed E-state index contributed by atoms with van der Waals surface area (Å²) in [4.78, 5) is 24.2. The van der Waals surface area contributed by atoms with Crippen LogP contribution in [0.1, 0.15) is 23.5 Å². The number of rotatable bonds is 8. The van der Waals surface area contributed by atoms with Gasteiger partial charge < -0.3 is 10.6 Å². The van der Waals surface area contributed by atoms with Crippen LogP contribution in [0.4, 0.5) is 30.7 Å². The number of hydrogen-bond donors (Lipinski definition) is 2. The van der Waals surface area contributed by atoms with Gasteiger partial charge in [0.1, 0.15) is 16.7 Å². The Balaban J connectivity index is 2.15. The van der Waals surface area contributed by atoms with E-state index in [0.717, 1.165) is 18.2 Å². The molecule has 2 amide bonds. The van der Waals surface area contributed by atoms with E-state index < -0.39 is 75.3 Å². The predicted octanol–water partition coefficient (Wildman–Crippen LogP) is 6.76. The second-order valence-corrected chi connectivity index (χ2v) is 9.82. The first-order valence-corrected chi connectivity index (χ1v) is 11.2. The molecule has 0 saturated heterocycles. The maximum absolute atomic E-state index is 14.5. The summed E-state index contributed by atoms with van der Waals surface area (Å²) in [7, 11) is 0.